The van der Waals surface area contributed by atoms with E-state index in [1.54, 1.807) is 0 Å². The Morgan fingerprint density at radius 3 is 2.56 bits per heavy atom. The second kappa shape index (κ2) is 5.08. The lowest BCUT2D eigenvalue weighted by Gasteiger charge is -2.34. The molecule has 0 aromatic heterocycles. The van der Waals surface area contributed by atoms with Gasteiger partial charge in [-0.2, -0.15) is 0 Å². The molecule has 5 heteroatoms. The highest BCUT2D eigenvalue weighted by molar-refractivity contribution is 6.06. The normalized spacial score (nSPS) is 32.8. The van der Waals surface area contributed by atoms with Crippen LogP contribution < -0.4 is 0 Å². The second-order valence-electron chi connectivity index (χ2n) is 5.23. The Hall–Kier alpha value is -1.39. The van der Waals surface area contributed by atoms with Gasteiger partial charge in [-0.25, -0.2) is 0 Å². The average Bonchev–Trinajstić information content (AvgIpc) is 2.55. The summed E-state index contributed by atoms with van der Waals surface area (Å²) in [5.74, 6) is -0.721. The Bertz CT molecular complexity index is 379. The molecule has 1 heterocycles. The maximum absolute atomic E-state index is 12.1. The summed E-state index contributed by atoms with van der Waals surface area (Å²) in [7, 11) is 0. The average molecular weight is 253 g/mol. The molecule has 100 valence electrons. The molecule has 0 spiro atoms. The zero-order chi connectivity index (χ0) is 13.3. The molecule has 3 atom stereocenters. The van der Waals surface area contributed by atoms with Gasteiger partial charge in [0.1, 0.15) is 0 Å². The first kappa shape index (κ1) is 13.1. The maximum atomic E-state index is 12.1. The Morgan fingerprint density at radius 2 is 1.94 bits per heavy atom. The van der Waals surface area contributed by atoms with Crippen LogP contribution in [0.25, 0.3) is 0 Å². The molecular formula is C13H19NO4. The summed E-state index contributed by atoms with van der Waals surface area (Å²) >= 11 is 0. The van der Waals surface area contributed by atoms with Crippen molar-refractivity contribution in [1.82, 2.24) is 4.90 Å². The first-order valence-corrected chi connectivity index (χ1v) is 6.54. The highest BCUT2D eigenvalue weighted by Crippen LogP contribution is 2.32. The summed E-state index contributed by atoms with van der Waals surface area (Å²) in [5.41, 5.74) is 0. The third-order valence-corrected chi connectivity index (χ3v) is 3.85. The minimum atomic E-state index is -0.899. The molecule has 1 saturated heterocycles. The number of carbonyl (C=O) groups is 3. The number of esters is 1. The highest BCUT2D eigenvalue weighted by atomic mass is 16.5. The zero-order valence-electron chi connectivity index (χ0n) is 10.8. The summed E-state index contributed by atoms with van der Waals surface area (Å²) in [6.45, 7) is 3.33. The van der Waals surface area contributed by atoms with Gasteiger partial charge >= 0.3 is 5.97 Å². The number of carbonyl (C=O) groups excluding carboxylic acids is 3. The SMILES string of the molecule is CC(=O)O[C@@H]1CC(=O)N([C@@H]2CCCC[C@@H]2C)C1=O. The molecule has 5 nitrogen and oxygen atoms in total. The quantitative estimate of drug-likeness (QED) is 0.549. The van der Waals surface area contributed by atoms with Gasteiger partial charge in [-0.1, -0.05) is 19.8 Å². The Kier molecular flexibility index (Phi) is 3.68. The zero-order valence-corrected chi connectivity index (χ0v) is 10.8. The van der Waals surface area contributed by atoms with E-state index in [4.69, 9.17) is 4.74 Å². The molecule has 1 aliphatic heterocycles. The van der Waals surface area contributed by atoms with Crippen LogP contribution in [-0.4, -0.2) is 34.8 Å². The van der Waals surface area contributed by atoms with Crippen LogP contribution in [0.4, 0.5) is 0 Å². The predicted molar refractivity (Wildman–Crippen MR) is 63.4 cm³/mol. The number of hydrogen-bond donors (Lipinski definition) is 0. The molecule has 2 aliphatic rings. The van der Waals surface area contributed by atoms with E-state index in [-0.39, 0.29) is 24.3 Å². The van der Waals surface area contributed by atoms with Crippen LogP contribution >= 0.6 is 0 Å². The number of rotatable bonds is 2. The molecule has 2 amide bonds. The fourth-order valence-corrected chi connectivity index (χ4v) is 2.94. The molecule has 0 N–H and O–H groups in total. The van der Waals surface area contributed by atoms with Crippen LogP contribution in [0.15, 0.2) is 0 Å². The van der Waals surface area contributed by atoms with Gasteiger partial charge < -0.3 is 4.74 Å². The number of nitrogens with zero attached hydrogens (tertiary/aromatic N) is 1. The van der Waals surface area contributed by atoms with Crippen LogP contribution in [0, 0.1) is 5.92 Å². The fraction of sp³-hybridized carbons (Fsp3) is 0.769. The predicted octanol–water partition coefficient (Wildman–Crippen LogP) is 1.26. The summed E-state index contributed by atoms with van der Waals surface area (Å²) in [4.78, 5) is 36.3. The van der Waals surface area contributed by atoms with Gasteiger partial charge in [0.15, 0.2) is 6.10 Å². The molecule has 0 bridgehead atoms. The maximum Gasteiger partial charge on any atom is 0.303 e. The molecular weight excluding hydrogens is 234 g/mol. The molecule has 1 aliphatic carbocycles. The van der Waals surface area contributed by atoms with E-state index in [9.17, 15) is 14.4 Å². The summed E-state index contributed by atoms with van der Waals surface area (Å²) < 4.78 is 4.90. The third-order valence-electron chi connectivity index (χ3n) is 3.85. The Labute approximate surface area is 106 Å². The number of amides is 2. The molecule has 2 rings (SSSR count). The van der Waals surface area contributed by atoms with Crippen LogP contribution in [0.2, 0.25) is 0 Å². The third kappa shape index (κ3) is 2.40. The lowest BCUT2D eigenvalue weighted by molar-refractivity contribution is -0.156. The van der Waals surface area contributed by atoms with Crippen LogP contribution in [0.5, 0.6) is 0 Å². The van der Waals surface area contributed by atoms with Gasteiger partial charge in [-0.05, 0) is 18.8 Å². The molecule has 0 radical (unpaired) electrons. The van der Waals surface area contributed by atoms with E-state index in [1.807, 2.05) is 0 Å². The molecule has 2 fully saturated rings. The van der Waals surface area contributed by atoms with E-state index in [1.165, 1.54) is 11.8 Å². The molecule has 0 unspecified atom stereocenters. The Morgan fingerprint density at radius 1 is 1.28 bits per heavy atom. The van der Waals surface area contributed by atoms with Crippen molar-refractivity contribution in [3.8, 4) is 0 Å². The van der Waals surface area contributed by atoms with Gasteiger partial charge in [0, 0.05) is 13.0 Å². The van der Waals surface area contributed by atoms with E-state index in [0.717, 1.165) is 25.7 Å². The second-order valence-corrected chi connectivity index (χ2v) is 5.23. The van der Waals surface area contributed by atoms with E-state index < -0.39 is 12.1 Å². The van der Waals surface area contributed by atoms with Crippen molar-refractivity contribution in [1.29, 1.82) is 0 Å². The first-order chi connectivity index (χ1) is 8.50. The highest BCUT2D eigenvalue weighted by Gasteiger charge is 2.45. The monoisotopic (exact) mass is 253 g/mol. The molecule has 0 aromatic rings. The smallest absolute Gasteiger partial charge is 0.303 e. The van der Waals surface area contributed by atoms with Crippen molar-refractivity contribution >= 4 is 17.8 Å². The standard InChI is InChI=1S/C13H19NO4/c1-8-5-3-4-6-10(8)14-12(16)7-11(13(14)17)18-9(2)15/h8,10-11H,3-7H2,1-2H3/t8-,10+,11+/m0/s1. The molecule has 0 aromatic carbocycles. The van der Waals surface area contributed by atoms with Gasteiger partial charge in [0.05, 0.1) is 6.42 Å². The van der Waals surface area contributed by atoms with Crippen molar-refractivity contribution in [3.63, 3.8) is 0 Å². The summed E-state index contributed by atoms with van der Waals surface area (Å²) in [6.07, 6.45) is 3.21. The van der Waals surface area contributed by atoms with Crippen molar-refractivity contribution in [2.75, 3.05) is 0 Å². The van der Waals surface area contributed by atoms with Crippen molar-refractivity contribution in [3.05, 3.63) is 0 Å². The van der Waals surface area contributed by atoms with Gasteiger partial charge in [0.2, 0.25) is 5.91 Å². The van der Waals surface area contributed by atoms with Crippen molar-refractivity contribution in [2.45, 2.75) is 58.1 Å². The number of imide groups is 1. The van der Waals surface area contributed by atoms with E-state index in [0.29, 0.717) is 5.92 Å². The topological polar surface area (TPSA) is 63.7 Å². The first-order valence-electron chi connectivity index (χ1n) is 6.54. The van der Waals surface area contributed by atoms with Crippen LogP contribution in [0.3, 0.4) is 0 Å². The van der Waals surface area contributed by atoms with Crippen molar-refractivity contribution < 1.29 is 19.1 Å². The lowest BCUT2D eigenvalue weighted by atomic mass is 9.85. The van der Waals surface area contributed by atoms with Gasteiger partial charge in [-0.3, -0.25) is 19.3 Å². The van der Waals surface area contributed by atoms with E-state index in [2.05, 4.69) is 6.92 Å². The van der Waals surface area contributed by atoms with Crippen LogP contribution in [-0.2, 0) is 19.1 Å². The molecule has 18 heavy (non-hydrogen) atoms. The fourth-order valence-electron chi connectivity index (χ4n) is 2.94. The van der Waals surface area contributed by atoms with Crippen molar-refractivity contribution in [2.24, 2.45) is 5.92 Å². The largest absolute Gasteiger partial charge is 0.452 e. The molecule has 1 saturated carbocycles. The number of likely N-dealkylation sites (tertiary alicyclic amines) is 1. The lowest BCUT2D eigenvalue weighted by Crippen LogP contribution is -2.46. The minimum Gasteiger partial charge on any atom is -0.452 e. The van der Waals surface area contributed by atoms with Gasteiger partial charge in [0.25, 0.3) is 5.91 Å². The number of ether oxygens (including phenoxy) is 1. The van der Waals surface area contributed by atoms with E-state index >= 15 is 0 Å². The van der Waals surface area contributed by atoms with Crippen LogP contribution in [0.1, 0.15) is 46.0 Å². The summed E-state index contributed by atoms with van der Waals surface area (Å²) in [5, 5.41) is 0. The number of hydrogen-bond acceptors (Lipinski definition) is 4. The summed E-state index contributed by atoms with van der Waals surface area (Å²) in [6, 6.07) is -0.0145. The minimum absolute atomic E-state index is 0.00162. The Balaban J connectivity index is 2.10. The van der Waals surface area contributed by atoms with Gasteiger partial charge in [-0.15, -0.1) is 0 Å².